The lowest BCUT2D eigenvalue weighted by molar-refractivity contribution is -0.148. The molecule has 0 radical (unpaired) electrons. The first-order chi connectivity index (χ1) is 5.91. The number of carbonyl (C=O) groups is 1. The van der Waals surface area contributed by atoms with Crippen molar-refractivity contribution in [3.05, 3.63) is 0 Å². The van der Waals surface area contributed by atoms with Crippen LogP contribution in [-0.4, -0.2) is 16.6 Å². The number of carboxylic acid groups (broad SMARTS) is 1. The van der Waals surface area contributed by atoms with E-state index in [0.29, 0.717) is 0 Å². The molecule has 0 spiro atoms. The van der Waals surface area contributed by atoms with Crippen molar-refractivity contribution in [1.29, 1.82) is 0 Å². The van der Waals surface area contributed by atoms with Gasteiger partial charge in [0.2, 0.25) is 0 Å². The Morgan fingerprint density at radius 1 is 1.31 bits per heavy atom. The standard InChI is InChI=1S/C10H21NO2/c1-5-7(3)10(11,9(12)13)8(4)6-2/h7-8H,5-6,11H2,1-4H3,(H,12,13). The summed E-state index contributed by atoms with van der Waals surface area (Å²) in [6, 6.07) is 0. The van der Waals surface area contributed by atoms with Gasteiger partial charge in [0.25, 0.3) is 0 Å². The summed E-state index contributed by atoms with van der Waals surface area (Å²) in [6.45, 7) is 7.75. The van der Waals surface area contributed by atoms with Crippen molar-refractivity contribution in [3.63, 3.8) is 0 Å². The summed E-state index contributed by atoms with van der Waals surface area (Å²) in [5.74, 6) is -0.851. The van der Waals surface area contributed by atoms with Crippen LogP contribution in [0.1, 0.15) is 40.5 Å². The molecule has 0 aromatic carbocycles. The van der Waals surface area contributed by atoms with Crippen LogP contribution in [0.15, 0.2) is 0 Å². The topological polar surface area (TPSA) is 63.3 Å². The first kappa shape index (κ1) is 12.4. The van der Waals surface area contributed by atoms with Crippen molar-refractivity contribution >= 4 is 5.97 Å². The zero-order valence-corrected chi connectivity index (χ0v) is 9.00. The highest BCUT2D eigenvalue weighted by molar-refractivity contribution is 5.79. The smallest absolute Gasteiger partial charge is 0.324 e. The summed E-state index contributed by atoms with van der Waals surface area (Å²) in [6.07, 6.45) is 1.60. The molecule has 0 bridgehead atoms. The molecule has 2 atom stereocenters. The highest BCUT2D eigenvalue weighted by atomic mass is 16.4. The predicted octanol–water partition coefficient (Wildman–Crippen LogP) is 1.86. The number of hydrogen-bond donors (Lipinski definition) is 2. The van der Waals surface area contributed by atoms with Gasteiger partial charge in [0, 0.05) is 0 Å². The summed E-state index contributed by atoms with van der Waals surface area (Å²) in [5.41, 5.74) is 4.88. The Bertz CT molecular complexity index is 170. The molecule has 0 heterocycles. The molecule has 0 rings (SSSR count). The van der Waals surface area contributed by atoms with Crippen LogP contribution in [0.4, 0.5) is 0 Å². The van der Waals surface area contributed by atoms with Crippen molar-refractivity contribution in [1.82, 2.24) is 0 Å². The number of carboxylic acids is 1. The maximum Gasteiger partial charge on any atom is 0.324 e. The zero-order chi connectivity index (χ0) is 10.6. The molecule has 13 heavy (non-hydrogen) atoms. The van der Waals surface area contributed by atoms with Crippen LogP contribution in [0.3, 0.4) is 0 Å². The maximum atomic E-state index is 11.1. The van der Waals surface area contributed by atoms with Gasteiger partial charge in [-0.25, -0.2) is 0 Å². The van der Waals surface area contributed by atoms with Crippen LogP contribution < -0.4 is 5.73 Å². The lowest BCUT2D eigenvalue weighted by Gasteiger charge is -2.35. The van der Waals surface area contributed by atoms with Crippen LogP contribution in [0.5, 0.6) is 0 Å². The van der Waals surface area contributed by atoms with Crippen LogP contribution in [0.2, 0.25) is 0 Å². The predicted molar refractivity (Wildman–Crippen MR) is 53.5 cm³/mol. The Morgan fingerprint density at radius 3 is 1.77 bits per heavy atom. The summed E-state index contributed by atoms with van der Waals surface area (Å²) in [7, 11) is 0. The summed E-state index contributed by atoms with van der Waals surface area (Å²) < 4.78 is 0. The first-order valence-corrected chi connectivity index (χ1v) is 4.93. The van der Waals surface area contributed by atoms with Crippen LogP contribution >= 0.6 is 0 Å². The molecule has 3 N–H and O–H groups in total. The molecule has 0 aliphatic carbocycles. The second kappa shape index (κ2) is 4.61. The number of aliphatic carboxylic acids is 1. The average molecular weight is 187 g/mol. The minimum absolute atomic E-state index is 0.0138. The third-order valence-corrected chi connectivity index (χ3v) is 3.23. The fourth-order valence-electron chi connectivity index (χ4n) is 1.58. The van der Waals surface area contributed by atoms with E-state index in [9.17, 15) is 4.79 Å². The second-order valence-electron chi connectivity index (χ2n) is 3.86. The molecule has 0 saturated heterocycles. The minimum Gasteiger partial charge on any atom is -0.480 e. The van der Waals surface area contributed by atoms with Gasteiger partial charge >= 0.3 is 5.97 Å². The molecule has 0 fully saturated rings. The number of nitrogens with two attached hydrogens (primary N) is 1. The minimum atomic E-state index is -1.07. The Labute approximate surface area is 80.3 Å². The van der Waals surface area contributed by atoms with E-state index >= 15 is 0 Å². The first-order valence-electron chi connectivity index (χ1n) is 4.93. The van der Waals surface area contributed by atoms with Crippen molar-refractivity contribution in [2.45, 2.75) is 46.1 Å². The van der Waals surface area contributed by atoms with Gasteiger partial charge in [0.15, 0.2) is 0 Å². The third-order valence-electron chi connectivity index (χ3n) is 3.23. The Kier molecular flexibility index (Phi) is 4.40. The van der Waals surface area contributed by atoms with E-state index in [1.54, 1.807) is 0 Å². The lowest BCUT2D eigenvalue weighted by atomic mass is 9.74. The number of hydrogen-bond acceptors (Lipinski definition) is 2. The van der Waals surface area contributed by atoms with Gasteiger partial charge in [-0.3, -0.25) is 4.79 Å². The van der Waals surface area contributed by atoms with Crippen LogP contribution in [0, 0.1) is 11.8 Å². The van der Waals surface area contributed by atoms with Gasteiger partial charge in [-0.2, -0.15) is 0 Å². The molecule has 3 heteroatoms. The highest BCUT2D eigenvalue weighted by Gasteiger charge is 2.42. The molecule has 0 aliphatic rings. The molecular weight excluding hydrogens is 166 g/mol. The van der Waals surface area contributed by atoms with E-state index in [4.69, 9.17) is 10.8 Å². The Hall–Kier alpha value is -0.570. The van der Waals surface area contributed by atoms with E-state index in [2.05, 4.69) is 0 Å². The fraction of sp³-hybridized carbons (Fsp3) is 0.900. The summed E-state index contributed by atoms with van der Waals surface area (Å²) in [5, 5.41) is 9.11. The van der Waals surface area contributed by atoms with Crippen LogP contribution in [-0.2, 0) is 4.79 Å². The molecule has 0 amide bonds. The van der Waals surface area contributed by atoms with E-state index in [1.165, 1.54) is 0 Å². The molecule has 2 unspecified atom stereocenters. The van der Waals surface area contributed by atoms with Gasteiger partial charge in [0.05, 0.1) is 0 Å². The van der Waals surface area contributed by atoms with Gasteiger partial charge in [-0.05, 0) is 11.8 Å². The zero-order valence-electron chi connectivity index (χ0n) is 9.00. The van der Waals surface area contributed by atoms with Gasteiger partial charge < -0.3 is 10.8 Å². The molecule has 0 aromatic heterocycles. The fourth-order valence-corrected chi connectivity index (χ4v) is 1.58. The lowest BCUT2D eigenvalue weighted by Crippen LogP contribution is -2.57. The van der Waals surface area contributed by atoms with E-state index < -0.39 is 11.5 Å². The molecule has 0 aliphatic heterocycles. The van der Waals surface area contributed by atoms with Crippen molar-refractivity contribution in [2.24, 2.45) is 17.6 Å². The van der Waals surface area contributed by atoms with Crippen molar-refractivity contribution < 1.29 is 9.90 Å². The van der Waals surface area contributed by atoms with Gasteiger partial charge in [-0.1, -0.05) is 40.5 Å². The second-order valence-corrected chi connectivity index (χ2v) is 3.86. The molecular formula is C10H21NO2. The van der Waals surface area contributed by atoms with Gasteiger partial charge in [0.1, 0.15) is 5.54 Å². The largest absolute Gasteiger partial charge is 0.480 e. The van der Waals surface area contributed by atoms with Gasteiger partial charge in [-0.15, -0.1) is 0 Å². The Balaban J connectivity index is 4.82. The SMILES string of the molecule is CCC(C)C(N)(C(=O)O)C(C)CC. The quantitative estimate of drug-likeness (QED) is 0.690. The maximum absolute atomic E-state index is 11.1. The summed E-state index contributed by atoms with van der Waals surface area (Å²) >= 11 is 0. The van der Waals surface area contributed by atoms with Crippen molar-refractivity contribution in [3.8, 4) is 0 Å². The third kappa shape index (κ3) is 2.21. The van der Waals surface area contributed by atoms with Crippen molar-refractivity contribution in [2.75, 3.05) is 0 Å². The molecule has 0 aromatic rings. The summed E-state index contributed by atoms with van der Waals surface area (Å²) in [4.78, 5) is 11.1. The Morgan fingerprint density at radius 2 is 1.62 bits per heavy atom. The average Bonchev–Trinajstić information content (AvgIpc) is 2.13. The normalized spacial score (nSPS) is 20.4. The van der Waals surface area contributed by atoms with E-state index in [-0.39, 0.29) is 11.8 Å². The van der Waals surface area contributed by atoms with E-state index in [0.717, 1.165) is 12.8 Å². The molecule has 0 saturated carbocycles. The monoisotopic (exact) mass is 187 g/mol. The molecule has 3 nitrogen and oxygen atoms in total. The highest BCUT2D eigenvalue weighted by Crippen LogP contribution is 2.28. The van der Waals surface area contributed by atoms with Crippen LogP contribution in [0.25, 0.3) is 0 Å². The number of rotatable bonds is 5. The van der Waals surface area contributed by atoms with E-state index in [1.807, 2.05) is 27.7 Å². The molecule has 78 valence electrons.